The van der Waals surface area contributed by atoms with Crippen LogP contribution in [0, 0.1) is 0 Å². The minimum absolute atomic E-state index is 0.0635. The van der Waals surface area contributed by atoms with Crippen molar-refractivity contribution in [3.8, 4) is 0 Å². The summed E-state index contributed by atoms with van der Waals surface area (Å²) in [5.74, 6) is 0.423. The molecule has 5 heteroatoms. The predicted molar refractivity (Wildman–Crippen MR) is 83.6 cm³/mol. The van der Waals surface area contributed by atoms with Crippen LogP contribution in [0.5, 0.6) is 0 Å². The van der Waals surface area contributed by atoms with Gasteiger partial charge in [-0.15, -0.1) is 0 Å². The number of rotatable bonds is 2. The molecule has 110 valence electrons. The first-order valence-electron chi connectivity index (χ1n) is 7.44. The van der Waals surface area contributed by atoms with Crippen molar-refractivity contribution in [3.05, 3.63) is 60.2 Å². The lowest BCUT2D eigenvalue weighted by Gasteiger charge is -2.16. The van der Waals surface area contributed by atoms with Crippen LogP contribution >= 0.6 is 0 Å². The van der Waals surface area contributed by atoms with Crippen LogP contribution in [-0.4, -0.2) is 38.8 Å². The number of H-pyrrole nitrogens is 1. The van der Waals surface area contributed by atoms with Gasteiger partial charge in [-0.1, -0.05) is 0 Å². The Hall–Kier alpha value is -2.69. The Balaban J connectivity index is 1.56. The van der Waals surface area contributed by atoms with Gasteiger partial charge in [0.1, 0.15) is 5.65 Å². The van der Waals surface area contributed by atoms with Gasteiger partial charge in [0.15, 0.2) is 0 Å². The smallest absolute Gasteiger partial charge is 0.255 e. The van der Waals surface area contributed by atoms with Crippen LogP contribution in [-0.2, 0) is 0 Å². The highest BCUT2D eigenvalue weighted by Crippen LogP contribution is 2.32. The summed E-state index contributed by atoms with van der Waals surface area (Å²) in [4.78, 5) is 26.0. The first-order chi connectivity index (χ1) is 10.8. The number of hydrogen-bond acceptors (Lipinski definition) is 3. The van der Waals surface area contributed by atoms with E-state index in [2.05, 4.69) is 21.0 Å². The SMILES string of the molecule is O=C(c1cccnc1)N1CCC(c2c[nH]c3ncccc23)C1. The lowest BCUT2D eigenvalue weighted by Crippen LogP contribution is -2.28. The van der Waals surface area contributed by atoms with E-state index in [4.69, 9.17) is 0 Å². The molecule has 1 aliphatic heterocycles. The standard InChI is InChI=1S/C17H16N4O/c22-17(12-3-1-6-18-9-12)21-8-5-13(11-21)15-10-20-16-14(15)4-2-7-19-16/h1-4,6-7,9-10,13H,5,8,11H2,(H,19,20). The average Bonchev–Trinajstić information content (AvgIpc) is 3.21. The Kier molecular flexibility index (Phi) is 3.11. The summed E-state index contributed by atoms with van der Waals surface area (Å²) >= 11 is 0. The number of aromatic nitrogens is 3. The van der Waals surface area contributed by atoms with Crippen molar-refractivity contribution in [2.45, 2.75) is 12.3 Å². The second-order valence-corrected chi connectivity index (χ2v) is 5.62. The topological polar surface area (TPSA) is 61.9 Å². The Morgan fingerprint density at radius 3 is 3.05 bits per heavy atom. The molecule has 3 aromatic rings. The number of carbonyl (C=O) groups excluding carboxylic acids is 1. The molecule has 0 aromatic carbocycles. The number of nitrogens with one attached hydrogen (secondary N) is 1. The van der Waals surface area contributed by atoms with Gasteiger partial charge in [0.05, 0.1) is 5.56 Å². The van der Waals surface area contributed by atoms with E-state index >= 15 is 0 Å². The molecule has 1 amide bonds. The molecule has 1 fully saturated rings. The number of amides is 1. The quantitative estimate of drug-likeness (QED) is 0.789. The molecule has 0 saturated carbocycles. The van der Waals surface area contributed by atoms with Gasteiger partial charge >= 0.3 is 0 Å². The lowest BCUT2D eigenvalue weighted by molar-refractivity contribution is 0.0790. The minimum atomic E-state index is 0.0635. The zero-order chi connectivity index (χ0) is 14.9. The molecule has 1 saturated heterocycles. The van der Waals surface area contributed by atoms with Crippen LogP contribution in [0.3, 0.4) is 0 Å². The lowest BCUT2D eigenvalue weighted by atomic mass is 9.99. The molecule has 4 heterocycles. The highest BCUT2D eigenvalue weighted by molar-refractivity contribution is 5.94. The maximum atomic E-state index is 12.5. The second kappa shape index (κ2) is 5.26. The number of fused-ring (bicyclic) bond motifs is 1. The van der Waals surface area contributed by atoms with Crippen molar-refractivity contribution < 1.29 is 4.79 Å². The predicted octanol–water partition coefficient (Wildman–Crippen LogP) is 2.59. The van der Waals surface area contributed by atoms with Crippen molar-refractivity contribution >= 4 is 16.9 Å². The van der Waals surface area contributed by atoms with Crippen molar-refractivity contribution in [2.24, 2.45) is 0 Å². The average molecular weight is 292 g/mol. The first-order valence-corrected chi connectivity index (χ1v) is 7.44. The number of pyridine rings is 2. The van der Waals surface area contributed by atoms with Gasteiger partial charge in [0.25, 0.3) is 5.91 Å². The summed E-state index contributed by atoms with van der Waals surface area (Å²) in [5.41, 5.74) is 2.82. The van der Waals surface area contributed by atoms with E-state index in [0.717, 1.165) is 30.5 Å². The Bertz CT molecular complexity index is 812. The maximum Gasteiger partial charge on any atom is 0.255 e. The van der Waals surface area contributed by atoms with Crippen LogP contribution in [0.15, 0.2) is 49.1 Å². The molecule has 1 atom stereocenters. The number of likely N-dealkylation sites (tertiary alicyclic amines) is 1. The van der Waals surface area contributed by atoms with Crippen molar-refractivity contribution in [1.82, 2.24) is 19.9 Å². The van der Waals surface area contributed by atoms with Gasteiger partial charge in [-0.3, -0.25) is 9.78 Å². The van der Waals surface area contributed by atoms with Crippen molar-refractivity contribution in [3.63, 3.8) is 0 Å². The highest BCUT2D eigenvalue weighted by atomic mass is 16.2. The summed E-state index contributed by atoms with van der Waals surface area (Å²) in [7, 11) is 0. The van der Waals surface area contributed by atoms with Gasteiger partial charge in [-0.05, 0) is 36.2 Å². The van der Waals surface area contributed by atoms with Gasteiger partial charge < -0.3 is 9.88 Å². The van der Waals surface area contributed by atoms with Gasteiger partial charge in [-0.2, -0.15) is 0 Å². The second-order valence-electron chi connectivity index (χ2n) is 5.62. The highest BCUT2D eigenvalue weighted by Gasteiger charge is 2.29. The summed E-state index contributed by atoms with van der Waals surface area (Å²) < 4.78 is 0. The molecule has 1 N–H and O–H groups in total. The largest absolute Gasteiger partial charge is 0.346 e. The van der Waals surface area contributed by atoms with Crippen molar-refractivity contribution in [2.75, 3.05) is 13.1 Å². The minimum Gasteiger partial charge on any atom is -0.346 e. The molecule has 0 radical (unpaired) electrons. The third-order valence-corrected chi connectivity index (χ3v) is 4.31. The third kappa shape index (κ3) is 2.15. The molecule has 3 aromatic heterocycles. The molecule has 1 unspecified atom stereocenters. The summed E-state index contributed by atoms with van der Waals surface area (Å²) in [6.07, 6.45) is 8.11. The Morgan fingerprint density at radius 2 is 2.18 bits per heavy atom. The fourth-order valence-electron chi connectivity index (χ4n) is 3.19. The third-order valence-electron chi connectivity index (χ3n) is 4.31. The normalized spacial score (nSPS) is 18.0. The summed E-state index contributed by atoms with van der Waals surface area (Å²) in [6, 6.07) is 7.65. The monoisotopic (exact) mass is 292 g/mol. The van der Waals surface area contributed by atoms with E-state index in [9.17, 15) is 4.79 Å². The number of hydrogen-bond donors (Lipinski definition) is 1. The van der Waals surface area contributed by atoms with E-state index in [1.54, 1.807) is 24.7 Å². The molecule has 4 rings (SSSR count). The number of aromatic amines is 1. The van der Waals surface area contributed by atoms with E-state index in [1.165, 1.54) is 5.56 Å². The molecule has 1 aliphatic rings. The van der Waals surface area contributed by atoms with Gasteiger partial charge in [0, 0.05) is 49.2 Å². The van der Waals surface area contributed by atoms with Crippen LogP contribution in [0.4, 0.5) is 0 Å². The zero-order valence-electron chi connectivity index (χ0n) is 12.1. The summed E-state index contributed by atoms with van der Waals surface area (Å²) in [5, 5.41) is 1.16. The van der Waals surface area contributed by atoms with Crippen LogP contribution in [0.2, 0.25) is 0 Å². The van der Waals surface area contributed by atoms with Gasteiger partial charge in [0.2, 0.25) is 0 Å². The van der Waals surface area contributed by atoms with Crippen LogP contribution in [0.25, 0.3) is 11.0 Å². The molecule has 0 bridgehead atoms. The van der Waals surface area contributed by atoms with E-state index in [1.807, 2.05) is 23.2 Å². The first kappa shape index (κ1) is 13.0. The van der Waals surface area contributed by atoms with Crippen molar-refractivity contribution in [1.29, 1.82) is 0 Å². The fourth-order valence-corrected chi connectivity index (χ4v) is 3.19. The molecular formula is C17H16N4O. The number of nitrogens with zero attached hydrogens (tertiary/aromatic N) is 3. The summed E-state index contributed by atoms with van der Waals surface area (Å²) in [6.45, 7) is 1.53. The fraction of sp³-hybridized carbons (Fsp3) is 0.235. The molecule has 0 aliphatic carbocycles. The number of carbonyl (C=O) groups is 1. The maximum absolute atomic E-state index is 12.5. The van der Waals surface area contributed by atoms with E-state index < -0.39 is 0 Å². The van der Waals surface area contributed by atoms with E-state index in [-0.39, 0.29) is 5.91 Å². The molecule has 5 nitrogen and oxygen atoms in total. The molecule has 0 spiro atoms. The Morgan fingerprint density at radius 1 is 1.27 bits per heavy atom. The molecular weight excluding hydrogens is 276 g/mol. The van der Waals surface area contributed by atoms with E-state index in [0.29, 0.717) is 11.5 Å². The van der Waals surface area contributed by atoms with Crippen LogP contribution in [0.1, 0.15) is 28.3 Å². The Labute approximate surface area is 128 Å². The molecule has 22 heavy (non-hydrogen) atoms. The zero-order valence-corrected chi connectivity index (χ0v) is 12.1. The van der Waals surface area contributed by atoms with Gasteiger partial charge in [-0.25, -0.2) is 4.98 Å². The van der Waals surface area contributed by atoms with Crippen LogP contribution < -0.4 is 0 Å².